The Morgan fingerprint density at radius 2 is 2.04 bits per heavy atom. The van der Waals surface area contributed by atoms with Crippen molar-refractivity contribution in [3.05, 3.63) is 41.8 Å². The van der Waals surface area contributed by atoms with Crippen molar-refractivity contribution in [2.45, 2.75) is 38.8 Å². The third-order valence-corrected chi connectivity index (χ3v) is 4.89. The minimum Gasteiger partial charge on any atom is -0.369 e. The van der Waals surface area contributed by atoms with Gasteiger partial charge in [0.1, 0.15) is 5.82 Å². The summed E-state index contributed by atoms with van der Waals surface area (Å²) in [7, 11) is 0. The molecule has 2 N–H and O–H groups in total. The van der Waals surface area contributed by atoms with Crippen LogP contribution in [0.25, 0.3) is 10.9 Å². The van der Waals surface area contributed by atoms with E-state index in [0.717, 1.165) is 0 Å². The fourth-order valence-electron chi connectivity index (χ4n) is 3.62. The number of rotatable bonds is 2. The van der Waals surface area contributed by atoms with E-state index in [2.05, 4.69) is 4.98 Å². The van der Waals surface area contributed by atoms with Crippen LogP contribution in [0.15, 0.2) is 30.5 Å². The van der Waals surface area contributed by atoms with Crippen LogP contribution < -0.4 is 5.73 Å². The highest BCUT2D eigenvalue weighted by Crippen LogP contribution is 2.31. The minimum absolute atomic E-state index is 0.0508. The van der Waals surface area contributed by atoms with Crippen LogP contribution in [0.5, 0.6) is 0 Å². The average Bonchev–Trinajstić information content (AvgIpc) is 2.53. The lowest BCUT2D eigenvalue weighted by Gasteiger charge is -2.42. The van der Waals surface area contributed by atoms with E-state index >= 15 is 0 Å². The van der Waals surface area contributed by atoms with Crippen molar-refractivity contribution in [1.82, 2.24) is 9.88 Å². The number of nitrogens with zero attached hydrogens (tertiary/aromatic N) is 2. The Labute approximate surface area is 139 Å². The number of aromatic nitrogens is 1. The van der Waals surface area contributed by atoms with E-state index in [1.54, 1.807) is 23.2 Å². The van der Waals surface area contributed by atoms with Crippen LogP contribution in [-0.4, -0.2) is 33.8 Å². The van der Waals surface area contributed by atoms with Crippen molar-refractivity contribution in [2.24, 2.45) is 11.7 Å². The van der Waals surface area contributed by atoms with E-state index in [9.17, 15) is 14.0 Å². The molecule has 3 rings (SSSR count). The normalized spacial score (nSPS) is 24.1. The highest BCUT2D eigenvalue weighted by atomic mass is 19.1. The Kier molecular flexibility index (Phi) is 4.22. The molecule has 24 heavy (non-hydrogen) atoms. The van der Waals surface area contributed by atoms with Crippen LogP contribution in [-0.2, 0) is 4.79 Å². The lowest BCUT2D eigenvalue weighted by molar-refractivity contribution is -0.125. The summed E-state index contributed by atoms with van der Waals surface area (Å²) in [6, 6.07) is 5.60. The third-order valence-electron chi connectivity index (χ3n) is 4.89. The van der Waals surface area contributed by atoms with Gasteiger partial charge in [0, 0.05) is 23.7 Å². The largest absolute Gasteiger partial charge is 0.369 e. The molecule has 1 fully saturated rings. The molecule has 0 radical (unpaired) electrons. The molecule has 3 unspecified atom stereocenters. The zero-order valence-corrected chi connectivity index (χ0v) is 13.7. The maximum atomic E-state index is 14.0. The van der Waals surface area contributed by atoms with Gasteiger partial charge >= 0.3 is 0 Å². The highest BCUT2D eigenvalue weighted by molar-refractivity contribution is 6.05. The lowest BCUT2D eigenvalue weighted by Crippen LogP contribution is -2.54. The molecule has 1 aromatic carbocycles. The quantitative estimate of drug-likeness (QED) is 0.919. The minimum atomic E-state index is -0.484. The molecule has 0 saturated carbocycles. The highest BCUT2D eigenvalue weighted by Gasteiger charge is 2.38. The molecule has 0 aliphatic carbocycles. The summed E-state index contributed by atoms with van der Waals surface area (Å²) < 4.78 is 14.0. The Morgan fingerprint density at radius 1 is 1.29 bits per heavy atom. The van der Waals surface area contributed by atoms with Gasteiger partial charge in [-0.1, -0.05) is 6.07 Å². The van der Waals surface area contributed by atoms with Crippen molar-refractivity contribution < 1.29 is 14.0 Å². The van der Waals surface area contributed by atoms with Gasteiger partial charge in [0.15, 0.2) is 0 Å². The molecule has 1 saturated heterocycles. The fraction of sp³-hybridized carbons (Fsp3) is 0.389. The van der Waals surface area contributed by atoms with Gasteiger partial charge in [0.2, 0.25) is 5.91 Å². The van der Waals surface area contributed by atoms with Gasteiger partial charge in [0.25, 0.3) is 5.91 Å². The molecule has 2 aromatic rings. The van der Waals surface area contributed by atoms with Crippen LogP contribution in [0.2, 0.25) is 0 Å². The smallest absolute Gasteiger partial charge is 0.256 e. The SMILES string of the molecule is CC1CCC(C(N)=O)C(C)N1C(=O)c1cc(F)cc2cccnc12. The number of nitrogens with two attached hydrogens (primary N) is 1. The second kappa shape index (κ2) is 6.19. The molecule has 3 atom stereocenters. The second-order valence-electron chi connectivity index (χ2n) is 6.42. The van der Waals surface area contributed by atoms with E-state index in [-0.39, 0.29) is 23.6 Å². The van der Waals surface area contributed by atoms with Gasteiger partial charge in [-0.25, -0.2) is 4.39 Å². The molecule has 1 aromatic heterocycles. The summed E-state index contributed by atoms with van der Waals surface area (Å²) in [5, 5.41) is 0.574. The first-order chi connectivity index (χ1) is 11.4. The van der Waals surface area contributed by atoms with E-state index in [1.165, 1.54) is 12.1 Å². The molecule has 1 aliphatic rings. The second-order valence-corrected chi connectivity index (χ2v) is 6.42. The molecule has 1 aliphatic heterocycles. The van der Waals surface area contributed by atoms with Crippen LogP contribution in [0.1, 0.15) is 37.0 Å². The van der Waals surface area contributed by atoms with Crippen LogP contribution in [0.4, 0.5) is 4.39 Å². The topological polar surface area (TPSA) is 76.3 Å². The Hall–Kier alpha value is -2.50. The lowest BCUT2D eigenvalue weighted by atomic mass is 9.85. The molecule has 2 amide bonds. The van der Waals surface area contributed by atoms with Crippen LogP contribution in [0, 0.1) is 11.7 Å². The number of fused-ring (bicyclic) bond motifs is 1. The van der Waals surface area contributed by atoms with Gasteiger partial charge in [-0.05, 0) is 44.9 Å². The number of carbonyl (C=O) groups excluding carboxylic acids is 2. The average molecular weight is 329 g/mol. The predicted molar refractivity (Wildman–Crippen MR) is 88.7 cm³/mol. The number of primary amides is 1. The van der Waals surface area contributed by atoms with Crippen molar-refractivity contribution >= 4 is 22.7 Å². The fourth-order valence-corrected chi connectivity index (χ4v) is 3.62. The Balaban J connectivity index is 2.06. The van der Waals surface area contributed by atoms with E-state index < -0.39 is 17.6 Å². The molecular formula is C18H20FN3O2. The van der Waals surface area contributed by atoms with Gasteiger partial charge in [-0.2, -0.15) is 0 Å². The monoisotopic (exact) mass is 329 g/mol. The number of benzene rings is 1. The zero-order chi connectivity index (χ0) is 17.4. The number of hydrogen-bond acceptors (Lipinski definition) is 3. The summed E-state index contributed by atoms with van der Waals surface area (Å²) in [5.41, 5.74) is 6.15. The van der Waals surface area contributed by atoms with Crippen molar-refractivity contribution in [3.63, 3.8) is 0 Å². The summed E-state index contributed by atoms with van der Waals surface area (Å²) in [6.07, 6.45) is 2.92. The first kappa shape index (κ1) is 16.4. The summed E-state index contributed by atoms with van der Waals surface area (Å²) in [4.78, 5) is 30.7. The number of pyridine rings is 1. The third kappa shape index (κ3) is 2.72. The maximum Gasteiger partial charge on any atom is 0.256 e. The number of carbonyl (C=O) groups is 2. The number of amides is 2. The number of likely N-dealkylation sites (tertiary alicyclic amines) is 1. The molecule has 2 heterocycles. The van der Waals surface area contributed by atoms with Gasteiger partial charge < -0.3 is 10.6 Å². The first-order valence-electron chi connectivity index (χ1n) is 8.06. The molecule has 126 valence electrons. The molecule has 5 nitrogen and oxygen atoms in total. The van der Waals surface area contributed by atoms with E-state index in [1.807, 2.05) is 13.8 Å². The molecule has 0 bridgehead atoms. The maximum absolute atomic E-state index is 14.0. The van der Waals surface area contributed by atoms with Crippen LogP contribution >= 0.6 is 0 Å². The van der Waals surface area contributed by atoms with E-state index in [0.29, 0.717) is 23.7 Å². The van der Waals surface area contributed by atoms with Crippen molar-refractivity contribution in [3.8, 4) is 0 Å². The van der Waals surface area contributed by atoms with Gasteiger partial charge in [0.05, 0.1) is 17.0 Å². The summed E-state index contributed by atoms with van der Waals surface area (Å²) in [5.74, 6) is -1.60. The van der Waals surface area contributed by atoms with Crippen LogP contribution in [0.3, 0.4) is 0 Å². The summed E-state index contributed by atoms with van der Waals surface area (Å²) in [6.45, 7) is 3.75. The standard InChI is InChI=1S/C18H20FN3O2/c1-10-5-6-14(17(20)23)11(2)22(10)18(24)15-9-13(19)8-12-4-3-7-21-16(12)15/h3-4,7-11,14H,5-6H2,1-2H3,(H2,20,23). The number of halogens is 1. The predicted octanol–water partition coefficient (Wildman–Crippen LogP) is 2.49. The van der Waals surface area contributed by atoms with Crippen molar-refractivity contribution in [1.29, 1.82) is 0 Å². The number of hydrogen-bond donors (Lipinski definition) is 1. The Morgan fingerprint density at radius 3 is 2.75 bits per heavy atom. The zero-order valence-electron chi connectivity index (χ0n) is 13.7. The number of piperidine rings is 1. The Bertz CT molecular complexity index is 808. The molecular weight excluding hydrogens is 309 g/mol. The van der Waals surface area contributed by atoms with Gasteiger partial charge in [-0.15, -0.1) is 0 Å². The first-order valence-corrected chi connectivity index (χ1v) is 8.06. The summed E-state index contributed by atoms with van der Waals surface area (Å²) >= 11 is 0. The van der Waals surface area contributed by atoms with Crippen molar-refractivity contribution in [2.75, 3.05) is 0 Å². The van der Waals surface area contributed by atoms with Gasteiger partial charge in [-0.3, -0.25) is 14.6 Å². The molecule has 6 heteroatoms. The van der Waals surface area contributed by atoms with E-state index in [4.69, 9.17) is 5.73 Å². The molecule has 0 spiro atoms.